The van der Waals surface area contributed by atoms with E-state index in [2.05, 4.69) is 5.10 Å². The lowest BCUT2D eigenvalue weighted by molar-refractivity contribution is 0.0450. The van der Waals surface area contributed by atoms with Gasteiger partial charge in [0.25, 0.3) is 0 Å². The van der Waals surface area contributed by atoms with Crippen molar-refractivity contribution in [1.82, 2.24) is 9.78 Å². The van der Waals surface area contributed by atoms with Gasteiger partial charge in [-0.15, -0.1) is 5.10 Å². The summed E-state index contributed by atoms with van der Waals surface area (Å²) in [5.74, 6) is 0.0418. The molecule has 3 rings (SSSR count). The van der Waals surface area contributed by atoms with E-state index in [0.29, 0.717) is 25.3 Å². The van der Waals surface area contributed by atoms with Crippen LogP contribution in [0.4, 0.5) is 0 Å². The molecule has 0 spiro atoms. The second kappa shape index (κ2) is 9.76. The summed E-state index contributed by atoms with van der Waals surface area (Å²) < 4.78 is 13.9. The number of ether oxygens (including phenoxy) is 2. The first-order valence-electron chi connectivity index (χ1n) is 7.97. The minimum atomic E-state index is -0.441. The van der Waals surface area contributed by atoms with E-state index in [1.165, 1.54) is 23.1 Å². The first kappa shape index (κ1) is 21.1. The minimum Gasteiger partial charge on any atom is -0.488 e. The summed E-state index contributed by atoms with van der Waals surface area (Å²) in [6.45, 7) is 0.268. The molecule has 0 aliphatic rings. The fourth-order valence-electron chi connectivity index (χ4n) is 2.21. The van der Waals surface area contributed by atoms with Crippen molar-refractivity contribution in [2.24, 2.45) is 0 Å². The van der Waals surface area contributed by atoms with Gasteiger partial charge in [-0.25, -0.2) is 9.48 Å². The van der Waals surface area contributed by atoms with Crippen LogP contribution < -0.4 is 4.74 Å². The van der Waals surface area contributed by atoms with Crippen molar-refractivity contribution in [1.29, 1.82) is 0 Å². The van der Waals surface area contributed by atoms with Gasteiger partial charge in [0, 0.05) is 5.02 Å². The number of esters is 1. The van der Waals surface area contributed by atoms with E-state index >= 15 is 0 Å². The summed E-state index contributed by atoms with van der Waals surface area (Å²) in [6.07, 6.45) is 1.95. The molecule has 0 fully saturated rings. The zero-order valence-corrected chi connectivity index (χ0v) is 18.5. The third kappa shape index (κ3) is 5.27. The lowest BCUT2D eigenvalue weighted by atomic mass is 10.2. The van der Waals surface area contributed by atoms with Crippen LogP contribution in [0, 0.1) is 3.95 Å². The Morgan fingerprint density at radius 3 is 2.61 bits per heavy atom. The summed E-state index contributed by atoms with van der Waals surface area (Å²) in [6, 6.07) is 11.8. The van der Waals surface area contributed by atoms with Gasteiger partial charge >= 0.3 is 5.97 Å². The number of carbonyl (C=O) groups is 1. The molecule has 0 saturated heterocycles. The second-order valence-corrected chi connectivity index (χ2v) is 8.88. The molecule has 5 nitrogen and oxygen atoms in total. The molecule has 0 amide bonds. The Bertz CT molecular complexity index is 1040. The average molecular weight is 473 g/mol. The summed E-state index contributed by atoms with van der Waals surface area (Å²) in [5, 5.41) is 5.34. The molecule has 2 aromatic carbocycles. The fraction of sp³-hybridized carbons (Fsp3) is 0.167. The van der Waals surface area contributed by atoms with Gasteiger partial charge in [0.15, 0.2) is 8.29 Å². The van der Waals surface area contributed by atoms with Crippen molar-refractivity contribution in [3.63, 3.8) is 0 Å². The van der Waals surface area contributed by atoms with E-state index in [1.807, 2.05) is 6.26 Å². The topological polar surface area (TPSA) is 53.4 Å². The molecule has 28 heavy (non-hydrogen) atoms. The molecule has 0 radical (unpaired) electrons. The Kier molecular flexibility index (Phi) is 7.36. The van der Waals surface area contributed by atoms with Crippen molar-refractivity contribution in [2.45, 2.75) is 4.34 Å². The zero-order valence-electron chi connectivity index (χ0n) is 14.6. The van der Waals surface area contributed by atoms with Crippen LogP contribution in [-0.4, -0.2) is 35.2 Å². The van der Waals surface area contributed by atoms with Crippen LogP contribution >= 0.6 is 58.5 Å². The van der Waals surface area contributed by atoms with Crippen molar-refractivity contribution in [2.75, 3.05) is 19.5 Å². The van der Waals surface area contributed by atoms with Gasteiger partial charge < -0.3 is 9.47 Å². The molecule has 10 heteroatoms. The molecular formula is C18H14Cl2N2O3S3. The highest BCUT2D eigenvalue weighted by molar-refractivity contribution is 8.00. The van der Waals surface area contributed by atoms with Crippen LogP contribution in [0.2, 0.25) is 10.0 Å². The van der Waals surface area contributed by atoms with Gasteiger partial charge in [0.2, 0.25) is 0 Å². The number of hydrogen-bond acceptors (Lipinski definition) is 7. The van der Waals surface area contributed by atoms with Crippen molar-refractivity contribution in [3.05, 3.63) is 62.0 Å². The lowest BCUT2D eigenvalue weighted by Gasteiger charge is -2.09. The Labute approximate surface area is 185 Å². The molecule has 0 atom stereocenters. The third-order valence-corrected chi connectivity index (χ3v) is 6.26. The van der Waals surface area contributed by atoms with Crippen LogP contribution in [-0.2, 0) is 4.74 Å². The van der Waals surface area contributed by atoms with Gasteiger partial charge in [0.05, 0.1) is 16.3 Å². The molecular weight excluding hydrogens is 459 g/mol. The maximum absolute atomic E-state index is 12.2. The smallest absolute Gasteiger partial charge is 0.338 e. The normalized spacial score (nSPS) is 10.7. The average Bonchev–Trinajstić information content (AvgIpc) is 3.07. The van der Waals surface area contributed by atoms with Crippen molar-refractivity contribution >= 4 is 64.5 Å². The minimum absolute atomic E-state index is 0.0910. The number of hydrogen-bond donors (Lipinski definition) is 0. The molecule has 1 heterocycles. The highest BCUT2D eigenvalue weighted by Crippen LogP contribution is 2.27. The number of aromatic nitrogens is 2. The van der Waals surface area contributed by atoms with Crippen LogP contribution in [0.3, 0.4) is 0 Å². The maximum atomic E-state index is 12.2. The van der Waals surface area contributed by atoms with Crippen LogP contribution in [0.15, 0.2) is 46.8 Å². The monoisotopic (exact) mass is 472 g/mol. The van der Waals surface area contributed by atoms with Gasteiger partial charge in [-0.1, -0.05) is 46.3 Å². The van der Waals surface area contributed by atoms with Crippen molar-refractivity contribution in [3.8, 4) is 11.4 Å². The summed E-state index contributed by atoms with van der Waals surface area (Å²) in [4.78, 5) is 12.2. The van der Waals surface area contributed by atoms with E-state index in [0.717, 1.165) is 10.0 Å². The van der Waals surface area contributed by atoms with Gasteiger partial charge in [0.1, 0.15) is 19.0 Å². The predicted octanol–water partition coefficient (Wildman–Crippen LogP) is 5.93. The van der Waals surface area contributed by atoms with Crippen LogP contribution in [0.1, 0.15) is 10.4 Å². The molecule has 3 aromatic rings. The Morgan fingerprint density at radius 1 is 1.21 bits per heavy atom. The molecule has 0 bridgehead atoms. The Hall–Kier alpha value is -1.58. The summed E-state index contributed by atoms with van der Waals surface area (Å²) >= 11 is 20.1. The quantitative estimate of drug-likeness (QED) is 0.184. The van der Waals surface area contributed by atoms with Gasteiger partial charge in [-0.2, -0.15) is 0 Å². The van der Waals surface area contributed by atoms with Crippen molar-refractivity contribution < 1.29 is 14.3 Å². The first-order valence-corrected chi connectivity index (χ1v) is 11.2. The zero-order chi connectivity index (χ0) is 20.1. The number of nitrogens with zero attached hydrogens (tertiary/aromatic N) is 2. The molecule has 0 aliphatic heterocycles. The summed E-state index contributed by atoms with van der Waals surface area (Å²) in [7, 11) is 0. The highest BCUT2D eigenvalue weighted by atomic mass is 35.5. The lowest BCUT2D eigenvalue weighted by Crippen LogP contribution is -2.12. The van der Waals surface area contributed by atoms with Crippen LogP contribution in [0.5, 0.6) is 5.75 Å². The number of rotatable bonds is 7. The molecule has 1 aromatic heterocycles. The van der Waals surface area contributed by atoms with E-state index in [9.17, 15) is 4.79 Å². The van der Waals surface area contributed by atoms with Crippen LogP contribution in [0.25, 0.3) is 5.69 Å². The van der Waals surface area contributed by atoms with E-state index in [-0.39, 0.29) is 13.2 Å². The number of thioether (sulfide) groups is 1. The van der Waals surface area contributed by atoms with Gasteiger partial charge in [-0.3, -0.25) is 0 Å². The molecule has 146 valence electrons. The van der Waals surface area contributed by atoms with E-state index in [4.69, 9.17) is 44.9 Å². The number of benzene rings is 2. The predicted molar refractivity (Wildman–Crippen MR) is 116 cm³/mol. The standard InChI is InChI=1S/C18H14Cl2N2O3S3/c1-27-17-21-22(18(26)28-17)13-5-2-11(3-6-13)16(23)25-9-8-24-15-7-4-12(19)10-14(15)20/h2-7,10H,8-9H2,1H3. The Morgan fingerprint density at radius 2 is 1.96 bits per heavy atom. The molecule has 0 N–H and O–H groups in total. The second-order valence-electron chi connectivity index (χ2n) is 5.36. The fourth-order valence-corrected chi connectivity index (χ4v) is 4.45. The summed E-state index contributed by atoms with van der Waals surface area (Å²) in [5.41, 5.74) is 1.22. The molecule has 0 saturated carbocycles. The molecule has 0 unspecified atom stereocenters. The van der Waals surface area contributed by atoms with E-state index < -0.39 is 5.97 Å². The maximum Gasteiger partial charge on any atom is 0.338 e. The Balaban J connectivity index is 1.54. The molecule has 0 aliphatic carbocycles. The largest absolute Gasteiger partial charge is 0.488 e. The van der Waals surface area contributed by atoms with Gasteiger partial charge in [-0.05, 0) is 60.9 Å². The first-order chi connectivity index (χ1) is 13.5. The van der Waals surface area contributed by atoms with E-state index in [1.54, 1.807) is 47.1 Å². The number of carbonyl (C=O) groups excluding carboxylic acids is 1. The third-order valence-electron chi connectivity index (χ3n) is 3.52. The highest BCUT2D eigenvalue weighted by Gasteiger charge is 2.10. The SMILES string of the molecule is CSc1nn(-c2ccc(C(=O)OCCOc3ccc(Cl)cc3Cl)cc2)c(=S)s1. The number of halogens is 2.